The highest BCUT2D eigenvalue weighted by atomic mass is 16.6. The molecule has 0 aromatic carbocycles. The van der Waals surface area contributed by atoms with Gasteiger partial charge in [0.1, 0.15) is 6.10 Å². The summed E-state index contributed by atoms with van der Waals surface area (Å²) in [4.78, 5) is 30.9. The summed E-state index contributed by atoms with van der Waals surface area (Å²) in [5.41, 5.74) is 7.21. The van der Waals surface area contributed by atoms with Crippen LogP contribution in [0.5, 0.6) is 0 Å². The van der Waals surface area contributed by atoms with Crippen molar-refractivity contribution in [2.45, 2.75) is 32.8 Å². The zero-order chi connectivity index (χ0) is 20.5. The summed E-state index contributed by atoms with van der Waals surface area (Å²) in [6.45, 7) is 5.51. The normalized spacial score (nSPS) is 33.9. The number of piperidine rings is 1. The number of carbonyl (C=O) groups is 2. The number of rotatable bonds is 3. The number of esters is 1. The van der Waals surface area contributed by atoms with Gasteiger partial charge in [0.15, 0.2) is 0 Å². The van der Waals surface area contributed by atoms with Gasteiger partial charge in [-0.1, -0.05) is 6.08 Å². The molecule has 29 heavy (non-hydrogen) atoms. The number of cyclic esters (lactones) is 1. The van der Waals surface area contributed by atoms with E-state index < -0.39 is 0 Å². The van der Waals surface area contributed by atoms with Gasteiger partial charge in [-0.2, -0.15) is 0 Å². The Balaban J connectivity index is 0.00000256. The van der Waals surface area contributed by atoms with Crippen molar-refractivity contribution in [3.05, 3.63) is 30.1 Å². The summed E-state index contributed by atoms with van der Waals surface area (Å²) in [5.74, 6) is 0.845. The van der Waals surface area contributed by atoms with E-state index in [1.807, 2.05) is 32.1 Å². The maximum Gasteiger partial charge on any atom is 0.409 e. The number of allylic oxidation sites excluding steroid dienone is 1. The lowest BCUT2D eigenvalue weighted by molar-refractivity contribution is -0.144. The molecule has 0 bridgehead atoms. The van der Waals surface area contributed by atoms with Crippen molar-refractivity contribution < 1.29 is 20.5 Å². The fraction of sp³-hybridized carbons (Fsp3) is 0.591. The Bertz CT molecular complexity index is 800. The number of likely N-dealkylation sites (tertiary alicyclic amines) is 1. The Labute approximate surface area is 172 Å². The molecular formula is C22H31N3O4. The number of nitrogens with two attached hydrogens (primary N) is 1. The van der Waals surface area contributed by atoms with Crippen LogP contribution in [0.15, 0.2) is 24.4 Å². The Morgan fingerprint density at radius 3 is 3.03 bits per heavy atom. The molecule has 3 aliphatic rings. The number of ether oxygens (including phenoxy) is 2. The van der Waals surface area contributed by atoms with E-state index in [1.54, 1.807) is 11.1 Å². The molecule has 2 aliphatic heterocycles. The molecule has 2 saturated heterocycles. The standard InChI is InChI=1S/C22H29N3O4.H2/c1-3-28-22(27)25-9-8-17-14(12-25)10-19-20(13(2)29-21(19)26)18(17)7-6-16-5-4-15(23)11-24-16;/h4-7,11,13-14,17-20H,3,8-10,12,23H2,1-2H3;1H/b7-6+;. The molecule has 1 aromatic heterocycles. The molecule has 6 unspecified atom stereocenters. The molecule has 1 amide bonds. The highest BCUT2D eigenvalue weighted by Crippen LogP contribution is 2.51. The van der Waals surface area contributed by atoms with Crippen LogP contribution in [0.1, 0.15) is 33.8 Å². The third-order valence-electron chi connectivity index (χ3n) is 6.72. The van der Waals surface area contributed by atoms with Crippen molar-refractivity contribution in [3.8, 4) is 0 Å². The molecule has 2 N–H and O–H groups in total. The predicted molar refractivity (Wildman–Crippen MR) is 111 cm³/mol. The second-order valence-corrected chi connectivity index (χ2v) is 8.37. The molecule has 158 valence electrons. The van der Waals surface area contributed by atoms with E-state index in [0.29, 0.717) is 31.3 Å². The van der Waals surface area contributed by atoms with Crippen LogP contribution in [0.3, 0.4) is 0 Å². The van der Waals surface area contributed by atoms with Gasteiger partial charge in [-0.3, -0.25) is 9.78 Å². The van der Waals surface area contributed by atoms with Gasteiger partial charge in [0.25, 0.3) is 0 Å². The molecule has 7 nitrogen and oxygen atoms in total. The van der Waals surface area contributed by atoms with Gasteiger partial charge in [-0.15, -0.1) is 0 Å². The quantitative estimate of drug-likeness (QED) is 0.782. The predicted octanol–water partition coefficient (Wildman–Crippen LogP) is 3.22. The van der Waals surface area contributed by atoms with Crippen molar-refractivity contribution in [2.75, 3.05) is 25.4 Å². The zero-order valence-electron chi connectivity index (χ0n) is 17.0. The summed E-state index contributed by atoms with van der Waals surface area (Å²) < 4.78 is 10.8. The van der Waals surface area contributed by atoms with Crippen molar-refractivity contribution in [1.82, 2.24) is 9.88 Å². The van der Waals surface area contributed by atoms with E-state index in [2.05, 4.69) is 11.1 Å². The first kappa shape index (κ1) is 19.7. The van der Waals surface area contributed by atoms with Crippen LogP contribution in [0.25, 0.3) is 6.08 Å². The van der Waals surface area contributed by atoms with Gasteiger partial charge < -0.3 is 20.1 Å². The van der Waals surface area contributed by atoms with Gasteiger partial charge in [-0.25, -0.2) is 4.79 Å². The first-order chi connectivity index (χ1) is 14.0. The van der Waals surface area contributed by atoms with E-state index in [4.69, 9.17) is 15.2 Å². The molecule has 0 radical (unpaired) electrons. The molecule has 1 saturated carbocycles. The second-order valence-electron chi connectivity index (χ2n) is 8.37. The molecule has 0 spiro atoms. The summed E-state index contributed by atoms with van der Waals surface area (Å²) in [6.07, 6.45) is 7.20. The number of amides is 1. The van der Waals surface area contributed by atoms with Crippen molar-refractivity contribution in [2.24, 2.45) is 29.6 Å². The third kappa shape index (κ3) is 3.82. The topological polar surface area (TPSA) is 94.8 Å². The van der Waals surface area contributed by atoms with Crippen LogP contribution < -0.4 is 5.73 Å². The maximum atomic E-state index is 12.5. The van der Waals surface area contributed by atoms with Crippen LogP contribution in [0, 0.1) is 29.6 Å². The van der Waals surface area contributed by atoms with E-state index in [0.717, 1.165) is 18.5 Å². The van der Waals surface area contributed by atoms with Crippen molar-refractivity contribution in [1.29, 1.82) is 0 Å². The lowest BCUT2D eigenvalue weighted by Gasteiger charge is -2.48. The molecule has 3 heterocycles. The molecular weight excluding hydrogens is 370 g/mol. The number of aromatic nitrogens is 1. The van der Waals surface area contributed by atoms with E-state index in [-0.39, 0.29) is 43.3 Å². The average molecular weight is 402 g/mol. The van der Waals surface area contributed by atoms with Crippen LogP contribution in [-0.2, 0) is 14.3 Å². The number of nitrogens with zero attached hydrogens (tertiary/aromatic N) is 2. The lowest BCUT2D eigenvalue weighted by Crippen LogP contribution is -2.51. The Kier molecular flexibility index (Phi) is 5.48. The van der Waals surface area contributed by atoms with Gasteiger partial charge in [0.05, 0.1) is 30.1 Å². The number of fused-ring (bicyclic) bond motifs is 2. The molecule has 7 heteroatoms. The van der Waals surface area contributed by atoms with Gasteiger partial charge in [-0.05, 0) is 62.7 Å². The second kappa shape index (κ2) is 8.05. The van der Waals surface area contributed by atoms with E-state index in [1.165, 1.54) is 0 Å². The Hall–Kier alpha value is -2.57. The minimum atomic E-state index is -0.256. The monoisotopic (exact) mass is 401 g/mol. The van der Waals surface area contributed by atoms with Gasteiger partial charge >= 0.3 is 12.1 Å². The average Bonchev–Trinajstić information content (AvgIpc) is 2.99. The number of carbonyl (C=O) groups excluding carboxylic acids is 2. The lowest BCUT2D eigenvalue weighted by atomic mass is 9.59. The number of nitrogen functional groups attached to an aromatic ring is 1. The first-order valence-corrected chi connectivity index (χ1v) is 10.5. The molecule has 3 fully saturated rings. The smallest absolute Gasteiger partial charge is 0.409 e. The van der Waals surface area contributed by atoms with Gasteiger partial charge in [0.2, 0.25) is 0 Å². The Morgan fingerprint density at radius 2 is 2.31 bits per heavy atom. The Morgan fingerprint density at radius 1 is 1.48 bits per heavy atom. The molecule has 6 atom stereocenters. The number of hydrogen-bond acceptors (Lipinski definition) is 6. The summed E-state index contributed by atoms with van der Waals surface area (Å²) >= 11 is 0. The van der Waals surface area contributed by atoms with E-state index in [9.17, 15) is 9.59 Å². The number of hydrogen-bond donors (Lipinski definition) is 1. The molecule has 4 rings (SSSR count). The van der Waals surface area contributed by atoms with Crippen LogP contribution >= 0.6 is 0 Å². The number of pyridine rings is 1. The summed E-state index contributed by atoms with van der Waals surface area (Å²) in [7, 11) is 0. The highest BCUT2D eigenvalue weighted by Gasteiger charge is 2.54. The summed E-state index contributed by atoms with van der Waals surface area (Å²) in [6, 6.07) is 3.73. The maximum absolute atomic E-state index is 12.5. The number of anilines is 1. The van der Waals surface area contributed by atoms with Crippen molar-refractivity contribution in [3.63, 3.8) is 0 Å². The molecule has 1 aromatic rings. The van der Waals surface area contributed by atoms with Crippen LogP contribution in [0.4, 0.5) is 10.5 Å². The fourth-order valence-corrected chi connectivity index (χ4v) is 5.46. The largest absolute Gasteiger partial charge is 0.462 e. The third-order valence-corrected chi connectivity index (χ3v) is 6.72. The van der Waals surface area contributed by atoms with Gasteiger partial charge in [0, 0.05) is 20.4 Å². The summed E-state index contributed by atoms with van der Waals surface area (Å²) in [5, 5.41) is 0. The first-order valence-electron chi connectivity index (χ1n) is 10.5. The highest BCUT2D eigenvalue weighted by molar-refractivity contribution is 5.76. The van der Waals surface area contributed by atoms with Crippen LogP contribution in [-0.4, -0.2) is 47.7 Å². The van der Waals surface area contributed by atoms with Crippen LogP contribution in [0.2, 0.25) is 0 Å². The van der Waals surface area contributed by atoms with E-state index >= 15 is 0 Å². The molecule has 1 aliphatic carbocycles. The SMILES string of the molecule is CCOC(=O)N1CCC2C(CC3C(=O)OC(C)C3C2/C=C/c2ccc(N)cn2)C1.[HH]. The minimum Gasteiger partial charge on any atom is -0.462 e. The zero-order valence-corrected chi connectivity index (χ0v) is 17.0. The van der Waals surface area contributed by atoms with Crippen molar-refractivity contribution >= 4 is 23.8 Å². The minimum absolute atomic E-state index is 0. The fourth-order valence-electron chi connectivity index (χ4n) is 5.46.